The Bertz CT molecular complexity index is 685. The van der Waals surface area contributed by atoms with Crippen LogP contribution in [0.4, 0.5) is 0 Å². The van der Waals surface area contributed by atoms with E-state index in [1.807, 2.05) is 12.1 Å². The van der Waals surface area contributed by atoms with Gasteiger partial charge in [-0.2, -0.15) is 0 Å². The predicted molar refractivity (Wildman–Crippen MR) is 93.8 cm³/mol. The molecule has 0 saturated heterocycles. The summed E-state index contributed by atoms with van der Waals surface area (Å²) in [5.41, 5.74) is 12.8. The molecule has 1 aliphatic rings. The van der Waals surface area contributed by atoms with E-state index in [9.17, 15) is 4.79 Å². The van der Waals surface area contributed by atoms with Crippen LogP contribution < -0.4 is 16.8 Å². The van der Waals surface area contributed by atoms with Gasteiger partial charge in [-0.05, 0) is 47.7 Å². The summed E-state index contributed by atoms with van der Waals surface area (Å²) < 4.78 is 0. The van der Waals surface area contributed by atoms with Crippen molar-refractivity contribution in [3.8, 4) is 0 Å². The first-order chi connectivity index (χ1) is 11.2. The molecule has 3 rings (SSSR count). The Morgan fingerprint density at radius 1 is 1.13 bits per heavy atom. The molecule has 0 radical (unpaired) electrons. The molecule has 0 aromatic heterocycles. The van der Waals surface area contributed by atoms with Crippen LogP contribution in [-0.2, 0) is 4.79 Å². The molecule has 1 saturated carbocycles. The molecule has 1 unspecified atom stereocenters. The molecule has 0 aliphatic heterocycles. The lowest BCUT2D eigenvalue weighted by Crippen LogP contribution is -2.39. The van der Waals surface area contributed by atoms with Crippen molar-refractivity contribution in [1.29, 1.82) is 0 Å². The maximum Gasteiger partial charge on any atom is 0.223 e. The maximum absolute atomic E-state index is 12.6. The van der Waals surface area contributed by atoms with Crippen LogP contribution >= 0.6 is 0 Å². The molecule has 0 heterocycles. The van der Waals surface area contributed by atoms with Gasteiger partial charge in [0.25, 0.3) is 0 Å². The Morgan fingerprint density at radius 2 is 1.91 bits per heavy atom. The van der Waals surface area contributed by atoms with Crippen LogP contribution in [-0.4, -0.2) is 19.0 Å². The van der Waals surface area contributed by atoms with Crippen molar-refractivity contribution >= 4 is 16.7 Å². The SMILES string of the molecule is NCC(NC(=O)[C@@H]1CCC[C@@H]1CN)c1ccc2ccccc2c1. The van der Waals surface area contributed by atoms with Crippen molar-refractivity contribution in [2.24, 2.45) is 23.3 Å². The van der Waals surface area contributed by atoms with E-state index in [1.54, 1.807) is 0 Å². The average Bonchev–Trinajstić information content (AvgIpc) is 3.08. The van der Waals surface area contributed by atoms with Crippen LogP contribution in [0, 0.1) is 11.8 Å². The highest BCUT2D eigenvalue weighted by molar-refractivity contribution is 5.84. The van der Waals surface area contributed by atoms with Crippen molar-refractivity contribution in [3.63, 3.8) is 0 Å². The minimum atomic E-state index is -0.147. The Labute approximate surface area is 137 Å². The Balaban J connectivity index is 1.77. The minimum absolute atomic E-state index is 0.0366. The smallest absolute Gasteiger partial charge is 0.223 e. The number of amides is 1. The fraction of sp³-hybridized carbons (Fsp3) is 0.421. The van der Waals surface area contributed by atoms with Gasteiger partial charge in [-0.25, -0.2) is 0 Å². The Kier molecular flexibility index (Phi) is 4.94. The molecule has 2 aromatic rings. The Morgan fingerprint density at radius 3 is 2.65 bits per heavy atom. The first-order valence-corrected chi connectivity index (χ1v) is 8.42. The zero-order chi connectivity index (χ0) is 16.2. The standard InChI is InChI=1S/C19H25N3O/c20-11-16-6-3-7-17(16)19(23)22-18(12-21)15-9-8-13-4-1-2-5-14(13)10-15/h1-2,4-5,8-10,16-18H,3,6-7,11-12,20-21H2,(H,22,23)/t16-,17-,18?/m1/s1. The van der Waals surface area contributed by atoms with Gasteiger partial charge >= 0.3 is 0 Å². The van der Waals surface area contributed by atoms with E-state index in [0.717, 1.165) is 24.8 Å². The molecule has 4 nitrogen and oxygen atoms in total. The molecule has 0 bridgehead atoms. The molecule has 23 heavy (non-hydrogen) atoms. The second-order valence-electron chi connectivity index (χ2n) is 6.44. The van der Waals surface area contributed by atoms with Crippen LogP contribution in [0.25, 0.3) is 10.8 Å². The highest BCUT2D eigenvalue weighted by Gasteiger charge is 2.32. The number of benzene rings is 2. The van der Waals surface area contributed by atoms with Gasteiger partial charge in [0.2, 0.25) is 5.91 Å². The van der Waals surface area contributed by atoms with E-state index in [4.69, 9.17) is 11.5 Å². The largest absolute Gasteiger partial charge is 0.348 e. The quantitative estimate of drug-likeness (QED) is 0.792. The van der Waals surface area contributed by atoms with Crippen molar-refractivity contribution in [2.45, 2.75) is 25.3 Å². The van der Waals surface area contributed by atoms with Crippen LogP contribution in [0.3, 0.4) is 0 Å². The molecule has 1 aliphatic carbocycles. The van der Waals surface area contributed by atoms with Gasteiger partial charge in [0, 0.05) is 12.5 Å². The van der Waals surface area contributed by atoms with E-state index < -0.39 is 0 Å². The third-order valence-electron chi connectivity index (χ3n) is 5.03. The zero-order valence-electron chi connectivity index (χ0n) is 13.4. The van der Waals surface area contributed by atoms with E-state index in [1.165, 1.54) is 10.8 Å². The number of hydrogen-bond acceptors (Lipinski definition) is 3. The molecule has 2 aromatic carbocycles. The van der Waals surface area contributed by atoms with Gasteiger partial charge < -0.3 is 16.8 Å². The number of carbonyl (C=O) groups is 1. The summed E-state index contributed by atoms with van der Waals surface area (Å²) in [7, 11) is 0. The predicted octanol–water partition coefficient (Wildman–Crippen LogP) is 2.33. The second kappa shape index (κ2) is 7.11. The molecule has 0 spiro atoms. The first-order valence-electron chi connectivity index (χ1n) is 8.42. The molecule has 122 valence electrons. The van der Waals surface area contributed by atoms with Crippen molar-refractivity contribution in [1.82, 2.24) is 5.32 Å². The maximum atomic E-state index is 12.6. The lowest BCUT2D eigenvalue weighted by atomic mass is 9.94. The molecule has 3 atom stereocenters. The lowest BCUT2D eigenvalue weighted by Gasteiger charge is -2.23. The summed E-state index contributed by atoms with van der Waals surface area (Å²) in [5, 5.41) is 5.49. The summed E-state index contributed by atoms with van der Waals surface area (Å²) in [5.74, 6) is 0.445. The van der Waals surface area contributed by atoms with Gasteiger partial charge in [0.1, 0.15) is 0 Å². The summed E-state index contributed by atoms with van der Waals surface area (Å²) in [6.07, 6.45) is 3.07. The highest BCUT2D eigenvalue weighted by atomic mass is 16.2. The van der Waals surface area contributed by atoms with E-state index in [-0.39, 0.29) is 17.9 Å². The topological polar surface area (TPSA) is 81.1 Å². The van der Waals surface area contributed by atoms with E-state index in [2.05, 4.69) is 35.6 Å². The number of carbonyl (C=O) groups excluding carboxylic acids is 1. The fourth-order valence-electron chi connectivity index (χ4n) is 3.65. The Hall–Kier alpha value is -1.91. The van der Waals surface area contributed by atoms with Crippen molar-refractivity contribution in [3.05, 3.63) is 48.0 Å². The molecule has 1 fully saturated rings. The summed E-state index contributed by atoms with van der Waals surface area (Å²) in [4.78, 5) is 12.6. The number of nitrogens with one attached hydrogen (secondary N) is 1. The molecule has 5 N–H and O–H groups in total. The number of rotatable bonds is 5. The van der Waals surface area contributed by atoms with Gasteiger partial charge in [-0.1, -0.05) is 42.8 Å². The normalized spacial score (nSPS) is 22.2. The molecule has 4 heteroatoms. The fourth-order valence-corrected chi connectivity index (χ4v) is 3.65. The minimum Gasteiger partial charge on any atom is -0.348 e. The second-order valence-corrected chi connectivity index (χ2v) is 6.44. The highest BCUT2D eigenvalue weighted by Crippen LogP contribution is 2.31. The lowest BCUT2D eigenvalue weighted by molar-refractivity contribution is -0.126. The summed E-state index contributed by atoms with van der Waals surface area (Å²) >= 11 is 0. The van der Waals surface area contributed by atoms with E-state index >= 15 is 0 Å². The summed E-state index contributed by atoms with van der Waals surface area (Å²) in [6.45, 7) is 0.978. The van der Waals surface area contributed by atoms with Gasteiger partial charge in [0.15, 0.2) is 0 Å². The average molecular weight is 311 g/mol. The third kappa shape index (κ3) is 3.38. The van der Waals surface area contributed by atoms with Gasteiger partial charge in [-0.15, -0.1) is 0 Å². The third-order valence-corrected chi connectivity index (χ3v) is 5.03. The number of nitrogens with two attached hydrogens (primary N) is 2. The zero-order valence-corrected chi connectivity index (χ0v) is 13.4. The summed E-state index contributed by atoms with van der Waals surface area (Å²) in [6, 6.07) is 14.3. The van der Waals surface area contributed by atoms with Crippen molar-refractivity contribution < 1.29 is 4.79 Å². The van der Waals surface area contributed by atoms with Gasteiger partial charge in [0.05, 0.1) is 6.04 Å². The van der Waals surface area contributed by atoms with Crippen LogP contribution in [0.5, 0.6) is 0 Å². The monoisotopic (exact) mass is 311 g/mol. The molecular formula is C19H25N3O. The number of hydrogen-bond donors (Lipinski definition) is 3. The van der Waals surface area contributed by atoms with Crippen LogP contribution in [0.15, 0.2) is 42.5 Å². The van der Waals surface area contributed by atoms with Crippen LogP contribution in [0.1, 0.15) is 30.9 Å². The molecule has 1 amide bonds. The number of fused-ring (bicyclic) bond motifs is 1. The van der Waals surface area contributed by atoms with Gasteiger partial charge in [-0.3, -0.25) is 4.79 Å². The van der Waals surface area contributed by atoms with E-state index in [0.29, 0.717) is 19.0 Å². The molecular weight excluding hydrogens is 286 g/mol. The van der Waals surface area contributed by atoms with Crippen LogP contribution in [0.2, 0.25) is 0 Å². The first kappa shape index (κ1) is 16.0. The van der Waals surface area contributed by atoms with Crippen molar-refractivity contribution in [2.75, 3.05) is 13.1 Å².